The molecule has 4 aromatic rings. The molecular formula is C24H24N4O3S. The zero-order chi connectivity index (χ0) is 22.6. The molecule has 0 atom stereocenters. The molecule has 8 heteroatoms. The number of benzene rings is 3. The van der Waals surface area contributed by atoms with Crippen molar-refractivity contribution in [2.45, 2.75) is 24.7 Å². The van der Waals surface area contributed by atoms with Gasteiger partial charge in [0.25, 0.3) is 15.9 Å². The molecule has 0 bridgehead atoms. The number of rotatable bonds is 8. The van der Waals surface area contributed by atoms with Gasteiger partial charge in [0.15, 0.2) is 0 Å². The van der Waals surface area contributed by atoms with Crippen molar-refractivity contribution in [3.8, 4) is 0 Å². The molecule has 1 amide bonds. The van der Waals surface area contributed by atoms with Crippen molar-refractivity contribution in [2.75, 3.05) is 11.3 Å². The van der Waals surface area contributed by atoms with Gasteiger partial charge in [0, 0.05) is 24.2 Å². The van der Waals surface area contributed by atoms with Crippen LogP contribution < -0.4 is 10.0 Å². The number of aromatic nitrogens is 2. The third kappa shape index (κ3) is 5.15. The molecule has 1 heterocycles. The van der Waals surface area contributed by atoms with E-state index in [2.05, 4.69) is 20.0 Å². The highest BCUT2D eigenvalue weighted by Gasteiger charge is 2.16. The molecule has 164 valence electrons. The number of sulfonamides is 1. The molecule has 0 saturated heterocycles. The van der Waals surface area contributed by atoms with Crippen molar-refractivity contribution in [3.63, 3.8) is 0 Å². The van der Waals surface area contributed by atoms with E-state index in [1.54, 1.807) is 30.3 Å². The van der Waals surface area contributed by atoms with E-state index in [0.717, 1.165) is 22.4 Å². The van der Waals surface area contributed by atoms with Crippen molar-refractivity contribution in [2.24, 2.45) is 0 Å². The lowest BCUT2D eigenvalue weighted by Gasteiger charge is -2.10. The van der Waals surface area contributed by atoms with Gasteiger partial charge in [0.1, 0.15) is 5.82 Å². The molecule has 0 radical (unpaired) electrons. The van der Waals surface area contributed by atoms with Crippen molar-refractivity contribution in [1.82, 2.24) is 15.3 Å². The maximum Gasteiger partial charge on any atom is 0.261 e. The Morgan fingerprint density at radius 2 is 1.81 bits per heavy atom. The maximum absolute atomic E-state index is 12.7. The van der Waals surface area contributed by atoms with Gasteiger partial charge in [0.2, 0.25) is 0 Å². The average Bonchev–Trinajstić information content (AvgIpc) is 3.19. The van der Waals surface area contributed by atoms with Gasteiger partial charge >= 0.3 is 0 Å². The number of nitrogens with zero attached hydrogens (tertiary/aromatic N) is 1. The lowest BCUT2D eigenvalue weighted by atomic mass is 10.2. The van der Waals surface area contributed by atoms with Gasteiger partial charge in [-0.05, 0) is 61.4 Å². The van der Waals surface area contributed by atoms with Gasteiger partial charge in [0.05, 0.1) is 15.9 Å². The number of aryl methyl sites for hydroxylation is 2. The normalized spacial score (nSPS) is 11.4. The molecule has 0 unspecified atom stereocenters. The van der Waals surface area contributed by atoms with Crippen LogP contribution in [0.4, 0.5) is 5.69 Å². The van der Waals surface area contributed by atoms with Crippen molar-refractivity contribution in [1.29, 1.82) is 0 Å². The summed E-state index contributed by atoms with van der Waals surface area (Å²) >= 11 is 0. The van der Waals surface area contributed by atoms with Crippen LogP contribution in [0, 0.1) is 6.92 Å². The number of aromatic amines is 1. The lowest BCUT2D eigenvalue weighted by Crippen LogP contribution is -2.25. The molecule has 0 aliphatic rings. The zero-order valence-electron chi connectivity index (χ0n) is 17.6. The molecule has 3 aromatic carbocycles. The zero-order valence-corrected chi connectivity index (χ0v) is 18.4. The second kappa shape index (κ2) is 9.23. The number of carbonyl (C=O) groups is 1. The highest BCUT2D eigenvalue weighted by molar-refractivity contribution is 7.92. The van der Waals surface area contributed by atoms with Crippen LogP contribution in [-0.4, -0.2) is 30.8 Å². The van der Waals surface area contributed by atoms with E-state index in [0.29, 0.717) is 30.6 Å². The minimum atomic E-state index is -3.80. The molecule has 0 aliphatic heterocycles. The number of para-hydroxylation sites is 2. The third-order valence-corrected chi connectivity index (χ3v) is 6.37. The van der Waals surface area contributed by atoms with Crippen molar-refractivity contribution >= 4 is 32.7 Å². The van der Waals surface area contributed by atoms with Crippen LogP contribution in [0.3, 0.4) is 0 Å². The quantitative estimate of drug-likeness (QED) is 0.354. The number of hydrogen-bond donors (Lipinski definition) is 3. The summed E-state index contributed by atoms with van der Waals surface area (Å²) in [6.45, 7) is 2.34. The van der Waals surface area contributed by atoms with Gasteiger partial charge in [-0.25, -0.2) is 13.4 Å². The van der Waals surface area contributed by atoms with Crippen LogP contribution in [0.2, 0.25) is 0 Å². The topological polar surface area (TPSA) is 104 Å². The number of fused-ring (bicyclic) bond motifs is 1. The first-order chi connectivity index (χ1) is 15.4. The molecule has 3 N–H and O–H groups in total. The Balaban J connectivity index is 1.35. The van der Waals surface area contributed by atoms with Crippen LogP contribution in [0.25, 0.3) is 11.0 Å². The Kier molecular flexibility index (Phi) is 6.23. The van der Waals surface area contributed by atoms with Crippen LogP contribution in [0.15, 0.2) is 77.7 Å². The van der Waals surface area contributed by atoms with Crippen LogP contribution in [-0.2, 0) is 16.4 Å². The minimum Gasteiger partial charge on any atom is -0.352 e. The van der Waals surface area contributed by atoms with E-state index in [9.17, 15) is 13.2 Å². The first-order valence-electron chi connectivity index (χ1n) is 10.3. The van der Waals surface area contributed by atoms with E-state index in [4.69, 9.17) is 0 Å². The van der Waals surface area contributed by atoms with E-state index in [1.807, 2.05) is 37.3 Å². The van der Waals surface area contributed by atoms with Crippen LogP contribution in [0.5, 0.6) is 0 Å². The van der Waals surface area contributed by atoms with Gasteiger partial charge in [-0.1, -0.05) is 30.3 Å². The summed E-state index contributed by atoms with van der Waals surface area (Å²) in [4.78, 5) is 20.4. The summed E-state index contributed by atoms with van der Waals surface area (Å²) in [5, 5.41) is 2.84. The number of nitrogens with one attached hydrogen (secondary N) is 3. The molecular weight excluding hydrogens is 424 g/mol. The summed E-state index contributed by atoms with van der Waals surface area (Å²) < 4.78 is 28.0. The summed E-state index contributed by atoms with van der Waals surface area (Å²) in [6, 6.07) is 20.9. The molecule has 1 aromatic heterocycles. The maximum atomic E-state index is 12.7. The van der Waals surface area contributed by atoms with E-state index in [1.165, 1.54) is 12.1 Å². The summed E-state index contributed by atoms with van der Waals surface area (Å²) in [7, 11) is -3.80. The monoisotopic (exact) mass is 448 g/mol. The molecule has 0 fully saturated rings. The molecule has 4 rings (SSSR count). The molecule has 0 saturated carbocycles. The number of anilines is 1. The minimum absolute atomic E-state index is 0.0360. The van der Waals surface area contributed by atoms with Gasteiger partial charge in [-0.3, -0.25) is 9.52 Å². The fourth-order valence-electron chi connectivity index (χ4n) is 3.41. The van der Waals surface area contributed by atoms with Gasteiger partial charge in [-0.2, -0.15) is 0 Å². The summed E-state index contributed by atoms with van der Waals surface area (Å²) in [5.41, 5.74) is 3.62. The SMILES string of the molecule is Cc1cccc(NS(=O)(=O)c2cccc(C(=O)NCCCc3nc4ccccc4[nH]3)c2)c1. The van der Waals surface area contributed by atoms with E-state index < -0.39 is 10.0 Å². The highest BCUT2D eigenvalue weighted by Crippen LogP contribution is 2.18. The predicted octanol–water partition coefficient (Wildman–Crippen LogP) is 4.03. The van der Waals surface area contributed by atoms with Crippen LogP contribution in [0.1, 0.15) is 28.2 Å². The Bertz CT molecular complexity index is 1330. The largest absolute Gasteiger partial charge is 0.352 e. The number of hydrogen-bond acceptors (Lipinski definition) is 4. The number of amides is 1. The van der Waals surface area contributed by atoms with Gasteiger partial charge < -0.3 is 10.3 Å². The Morgan fingerprint density at radius 3 is 2.62 bits per heavy atom. The highest BCUT2D eigenvalue weighted by atomic mass is 32.2. The molecule has 32 heavy (non-hydrogen) atoms. The third-order valence-electron chi connectivity index (χ3n) is 4.99. The molecule has 0 spiro atoms. The van der Waals surface area contributed by atoms with Gasteiger partial charge in [-0.15, -0.1) is 0 Å². The lowest BCUT2D eigenvalue weighted by molar-refractivity contribution is 0.0953. The fourth-order valence-corrected chi connectivity index (χ4v) is 4.51. The summed E-state index contributed by atoms with van der Waals surface area (Å²) in [5.74, 6) is 0.554. The van der Waals surface area contributed by atoms with E-state index in [-0.39, 0.29) is 10.8 Å². The Labute approximate surface area is 187 Å². The van der Waals surface area contributed by atoms with Crippen LogP contribution >= 0.6 is 0 Å². The second-order valence-corrected chi connectivity index (χ2v) is 9.25. The number of carbonyl (C=O) groups excluding carboxylic acids is 1. The van der Waals surface area contributed by atoms with Crippen molar-refractivity contribution in [3.05, 3.63) is 89.7 Å². The molecule has 0 aliphatic carbocycles. The van der Waals surface area contributed by atoms with E-state index >= 15 is 0 Å². The standard InChI is InChI=1S/C24H24N4O3S/c1-17-7-4-9-19(15-17)28-32(30,31)20-10-5-8-18(16-20)24(29)25-14-6-13-23-26-21-11-2-3-12-22(21)27-23/h2-5,7-12,15-16,28H,6,13-14H2,1H3,(H,25,29)(H,26,27). The first-order valence-corrected chi connectivity index (χ1v) is 11.8. The predicted molar refractivity (Wildman–Crippen MR) is 125 cm³/mol. The summed E-state index contributed by atoms with van der Waals surface area (Å²) in [6.07, 6.45) is 1.41. The number of imidazole rings is 1. The Hall–Kier alpha value is -3.65. The second-order valence-electron chi connectivity index (χ2n) is 7.56. The Morgan fingerprint density at radius 1 is 1.00 bits per heavy atom. The first kappa shape index (κ1) is 21.6. The molecule has 7 nitrogen and oxygen atoms in total. The van der Waals surface area contributed by atoms with Crippen molar-refractivity contribution < 1.29 is 13.2 Å². The fraction of sp³-hybridized carbons (Fsp3) is 0.167. The number of H-pyrrole nitrogens is 1. The average molecular weight is 449 g/mol. The smallest absolute Gasteiger partial charge is 0.261 e.